The molecule has 9 nitrogen and oxygen atoms in total. The van der Waals surface area contributed by atoms with Crippen molar-refractivity contribution in [2.24, 2.45) is 11.0 Å². The molecule has 36 heavy (non-hydrogen) atoms. The monoisotopic (exact) mass is 613 g/mol. The number of hydrazone groups is 1. The quantitative estimate of drug-likeness (QED) is 0.164. The van der Waals surface area contributed by atoms with Gasteiger partial charge in [0, 0.05) is 0 Å². The van der Waals surface area contributed by atoms with E-state index in [0.717, 1.165) is 0 Å². The van der Waals surface area contributed by atoms with Crippen LogP contribution in [0.1, 0.15) is 43.6 Å². The minimum absolute atomic E-state index is 0.150. The van der Waals surface area contributed by atoms with Gasteiger partial charge in [-0.15, -0.1) is 0 Å². The molecule has 1 atom stereocenters. The van der Waals surface area contributed by atoms with Gasteiger partial charge in [0.2, 0.25) is 0 Å². The van der Waals surface area contributed by atoms with E-state index in [1.54, 1.807) is 32.9 Å². The molecule has 11 heteroatoms. The number of carbonyl (C=O) groups excluding carboxylic acids is 3. The summed E-state index contributed by atoms with van der Waals surface area (Å²) in [5.74, 6) is -1.91. The number of ether oxygens (including phenoxy) is 3. The van der Waals surface area contributed by atoms with Crippen molar-refractivity contribution in [1.82, 2.24) is 10.7 Å². The predicted molar refractivity (Wildman–Crippen MR) is 141 cm³/mol. The normalized spacial score (nSPS) is 11.8. The van der Waals surface area contributed by atoms with Gasteiger partial charge in [-0.3, -0.25) is 9.59 Å². The van der Waals surface area contributed by atoms with Crippen LogP contribution in [0.2, 0.25) is 0 Å². The van der Waals surface area contributed by atoms with Crippen LogP contribution in [0.3, 0.4) is 0 Å². The second-order valence-electron chi connectivity index (χ2n) is 7.77. The zero-order valence-corrected chi connectivity index (χ0v) is 22.6. The van der Waals surface area contributed by atoms with E-state index >= 15 is 0 Å². The average molecular weight is 613 g/mol. The van der Waals surface area contributed by atoms with Crippen molar-refractivity contribution in [3.63, 3.8) is 0 Å². The first-order valence-corrected chi connectivity index (χ1v) is 12.4. The maximum atomic E-state index is 13.9. The largest absolute Gasteiger partial charge is 0.490 e. The lowest BCUT2D eigenvalue weighted by molar-refractivity contribution is -0.145. The van der Waals surface area contributed by atoms with Crippen LogP contribution in [0.25, 0.3) is 0 Å². The van der Waals surface area contributed by atoms with Crippen molar-refractivity contribution in [2.75, 3.05) is 19.8 Å². The number of benzene rings is 2. The molecule has 0 fully saturated rings. The molecule has 0 bridgehead atoms. The molecule has 0 aliphatic carbocycles. The number of hydrogen-bond donors (Lipinski definition) is 2. The Bertz CT molecular complexity index is 1110. The van der Waals surface area contributed by atoms with Crippen molar-refractivity contribution in [3.05, 3.63) is 56.9 Å². The van der Waals surface area contributed by atoms with Gasteiger partial charge in [0.1, 0.15) is 11.9 Å². The Morgan fingerprint density at radius 1 is 1.11 bits per heavy atom. The summed E-state index contributed by atoms with van der Waals surface area (Å²) in [6, 6.07) is 7.99. The van der Waals surface area contributed by atoms with Crippen LogP contribution in [0.5, 0.6) is 11.5 Å². The van der Waals surface area contributed by atoms with E-state index in [4.69, 9.17) is 14.2 Å². The lowest BCUT2D eigenvalue weighted by Gasteiger charge is -2.20. The summed E-state index contributed by atoms with van der Waals surface area (Å²) in [4.78, 5) is 36.8. The first kappa shape index (κ1) is 29.0. The fourth-order valence-electron chi connectivity index (χ4n) is 3.04. The summed E-state index contributed by atoms with van der Waals surface area (Å²) >= 11 is 2.04. The number of esters is 1. The van der Waals surface area contributed by atoms with Gasteiger partial charge in [-0.2, -0.15) is 5.10 Å². The van der Waals surface area contributed by atoms with Crippen LogP contribution in [0, 0.1) is 15.3 Å². The number of carbonyl (C=O) groups is 3. The molecule has 1 unspecified atom stereocenters. The van der Waals surface area contributed by atoms with E-state index in [1.165, 1.54) is 30.5 Å². The number of rotatable bonds is 12. The molecular weight excluding hydrogens is 584 g/mol. The highest BCUT2D eigenvalue weighted by atomic mass is 127. The molecule has 0 aliphatic rings. The van der Waals surface area contributed by atoms with Gasteiger partial charge < -0.3 is 19.5 Å². The number of amides is 2. The molecule has 0 radical (unpaired) electrons. The van der Waals surface area contributed by atoms with Gasteiger partial charge in [0.25, 0.3) is 11.8 Å². The summed E-state index contributed by atoms with van der Waals surface area (Å²) in [5, 5.41) is 6.55. The molecule has 2 N–H and O–H groups in total. The van der Waals surface area contributed by atoms with E-state index in [2.05, 4.69) is 15.8 Å². The fraction of sp³-hybridized carbons (Fsp3) is 0.360. The second-order valence-corrected chi connectivity index (χ2v) is 8.93. The minimum atomic E-state index is -0.938. The average Bonchev–Trinajstić information content (AvgIpc) is 2.82. The molecular formula is C25H29FIN3O6. The summed E-state index contributed by atoms with van der Waals surface area (Å²) in [7, 11) is 0. The van der Waals surface area contributed by atoms with Crippen LogP contribution in [0.4, 0.5) is 4.39 Å². The van der Waals surface area contributed by atoms with Crippen molar-refractivity contribution >= 4 is 46.6 Å². The molecule has 2 aromatic rings. The summed E-state index contributed by atoms with van der Waals surface area (Å²) in [6.45, 7) is 7.38. The van der Waals surface area contributed by atoms with Crippen molar-refractivity contribution < 1.29 is 33.0 Å². The molecule has 0 aromatic heterocycles. The Morgan fingerprint density at radius 2 is 1.83 bits per heavy atom. The van der Waals surface area contributed by atoms with Gasteiger partial charge in [-0.25, -0.2) is 14.6 Å². The number of halogens is 2. The summed E-state index contributed by atoms with van der Waals surface area (Å²) < 4.78 is 30.7. The maximum Gasteiger partial charge on any atom is 0.344 e. The Morgan fingerprint density at radius 3 is 2.47 bits per heavy atom. The second kappa shape index (κ2) is 14.4. The van der Waals surface area contributed by atoms with Crippen LogP contribution in [0.15, 0.2) is 41.5 Å². The first-order chi connectivity index (χ1) is 17.2. The van der Waals surface area contributed by atoms with E-state index in [-0.39, 0.29) is 24.7 Å². The standard InChI is InChI=1S/C25H29FIN3O6/c1-5-34-20-12-16(11-19(27)23(20)36-14-21(31)35-6-2)13-28-30-25(33)22(15(3)4)29-24(32)17-9-7-8-10-18(17)26/h7-13,15,22H,5-6,14H2,1-4H3,(H,29,32)(H,30,33)/b28-13+. The highest BCUT2D eigenvalue weighted by molar-refractivity contribution is 14.1. The maximum absolute atomic E-state index is 13.9. The third kappa shape index (κ3) is 8.47. The fourth-order valence-corrected chi connectivity index (χ4v) is 3.82. The highest BCUT2D eigenvalue weighted by Crippen LogP contribution is 2.34. The topological polar surface area (TPSA) is 115 Å². The first-order valence-electron chi connectivity index (χ1n) is 11.3. The number of hydrogen-bond acceptors (Lipinski definition) is 7. The van der Waals surface area contributed by atoms with Crippen molar-refractivity contribution in [3.8, 4) is 11.5 Å². The van der Waals surface area contributed by atoms with Gasteiger partial charge in [-0.05, 0) is 72.2 Å². The van der Waals surface area contributed by atoms with Crippen LogP contribution in [-0.4, -0.2) is 49.9 Å². The van der Waals surface area contributed by atoms with Crippen LogP contribution < -0.4 is 20.2 Å². The van der Waals surface area contributed by atoms with Crippen molar-refractivity contribution in [2.45, 2.75) is 33.7 Å². The zero-order valence-electron chi connectivity index (χ0n) is 20.5. The van der Waals surface area contributed by atoms with E-state index in [9.17, 15) is 18.8 Å². The molecule has 194 valence electrons. The zero-order chi connectivity index (χ0) is 26.7. The van der Waals surface area contributed by atoms with Crippen molar-refractivity contribution in [1.29, 1.82) is 0 Å². The van der Waals surface area contributed by atoms with E-state index in [1.807, 2.05) is 29.5 Å². The van der Waals surface area contributed by atoms with Crippen LogP contribution >= 0.6 is 22.6 Å². The molecule has 0 saturated carbocycles. The Kier molecular flexibility index (Phi) is 11.6. The van der Waals surface area contributed by atoms with E-state index < -0.39 is 29.6 Å². The van der Waals surface area contributed by atoms with Gasteiger partial charge in [0.05, 0.1) is 28.6 Å². The molecule has 2 rings (SSSR count). The molecule has 0 aliphatic heterocycles. The Hall–Kier alpha value is -3.22. The highest BCUT2D eigenvalue weighted by Gasteiger charge is 2.25. The molecule has 0 heterocycles. The molecule has 2 aromatic carbocycles. The minimum Gasteiger partial charge on any atom is -0.490 e. The molecule has 0 spiro atoms. The summed E-state index contributed by atoms with van der Waals surface area (Å²) in [6.07, 6.45) is 1.41. The third-order valence-electron chi connectivity index (χ3n) is 4.71. The molecule has 0 saturated heterocycles. The van der Waals surface area contributed by atoms with Crippen LogP contribution in [-0.2, 0) is 14.3 Å². The predicted octanol–water partition coefficient (Wildman–Crippen LogP) is 3.68. The van der Waals surface area contributed by atoms with Gasteiger partial charge >= 0.3 is 5.97 Å². The number of nitrogens with one attached hydrogen (secondary N) is 2. The SMILES string of the molecule is CCOC(=O)COc1c(I)cc(/C=N/NC(=O)C(NC(=O)c2ccccc2F)C(C)C)cc1OCC. The number of nitrogens with zero attached hydrogens (tertiary/aromatic N) is 1. The lowest BCUT2D eigenvalue weighted by atomic mass is 10.0. The van der Waals surface area contributed by atoms with E-state index in [0.29, 0.717) is 27.2 Å². The van der Waals surface area contributed by atoms with Gasteiger partial charge in [0.15, 0.2) is 18.1 Å². The summed E-state index contributed by atoms with van der Waals surface area (Å²) in [5.41, 5.74) is 2.86. The molecule has 2 amide bonds. The van der Waals surface area contributed by atoms with Gasteiger partial charge in [-0.1, -0.05) is 26.0 Å². The lowest BCUT2D eigenvalue weighted by Crippen LogP contribution is -2.48. The third-order valence-corrected chi connectivity index (χ3v) is 5.52. The Labute approximate surface area is 222 Å². The Balaban J connectivity index is 2.11. The smallest absolute Gasteiger partial charge is 0.344 e.